The van der Waals surface area contributed by atoms with E-state index in [1.54, 1.807) is 0 Å². The van der Waals surface area contributed by atoms with E-state index in [0.29, 0.717) is 29.8 Å². The van der Waals surface area contributed by atoms with Gasteiger partial charge < -0.3 is 10.2 Å². The smallest absolute Gasteiger partial charge is 0.225 e. The Hall–Kier alpha value is -1.10. The topological polar surface area (TPSA) is 52.7 Å². The molecule has 2 heterocycles. The van der Waals surface area contributed by atoms with Crippen molar-refractivity contribution in [3.63, 3.8) is 0 Å². The van der Waals surface area contributed by atoms with Crippen molar-refractivity contribution in [2.75, 3.05) is 26.2 Å². The summed E-state index contributed by atoms with van der Waals surface area (Å²) in [7, 11) is 0. The molecule has 4 aliphatic rings. The molecular weight excluding hydrogens is 326 g/mol. The molecule has 1 N–H and O–H groups in total. The molecule has 4 rings (SSSR count). The van der Waals surface area contributed by atoms with Crippen LogP contribution in [0.15, 0.2) is 0 Å². The molecule has 1 atom stereocenters. The number of hydrogen-bond acceptors (Lipinski definition) is 3. The van der Waals surface area contributed by atoms with Gasteiger partial charge >= 0.3 is 0 Å². The third-order valence-corrected chi connectivity index (χ3v) is 6.99. The standard InChI is InChI=1S/C21H35N3O2/c25-20(22-18-6-2-1-3-7-18)17-5-4-12-24(15-17)19-10-13-23(14-11-19)21(26)16-8-9-16/h16-19H,1-15H2,(H,22,25). The molecule has 0 aromatic carbocycles. The van der Waals surface area contributed by atoms with Crippen molar-refractivity contribution in [3.05, 3.63) is 0 Å². The zero-order valence-electron chi connectivity index (χ0n) is 16.1. The van der Waals surface area contributed by atoms with Crippen LogP contribution in [0.25, 0.3) is 0 Å². The summed E-state index contributed by atoms with van der Waals surface area (Å²) < 4.78 is 0. The van der Waals surface area contributed by atoms with Crippen LogP contribution >= 0.6 is 0 Å². The summed E-state index contributed by atoms with van der Waals surface area (Å²) in [5.74, 6) is 1.20. The second kappa shape index (κ2) is 8.28. The minimum atomic E-state index is 0.164. The Kier molecular flexibility index (Phi) is 5.82. The van der Waals surface area contributed by atoms with Gasteiger partial charge in [-0.25, -0.2) is 0 Å². The van der Waals surface area contributed by atoms with Crippen LogP contribution in [-0.2, 0) is 9.59 Å². The second-order valence-corrected chi connectivity index (χ2v) is 9.01. The van der Waals surface area contributed by atoms with Crippen LogP contribution in [0.4, 0.5) is 0 Å². The van der Waals surface area contributed by atoms with Gasteiger partial charge in [-0.2, -0.15) is 0 Å². The molecular formula is C21H35N3O2. The molecule has 2 aliphatic carbocycles. The van der Waals surface area contributed by atoms with E-state index in [1.807, 2.05) is 0 Å². The fourth-order valence-electron chi connectivity index (χ4n) is 5.16. The molecule has 5 heteroatoms. The Labute approximate surface area is 157 Å². The lowest BCUT2D eigenvalue weighted by atomic mass is 9.91. The summed E-state index contributed by atoms with van der Waals surface area (Å²) in [4.78, 5) is 29.6. The lowest BCUT2D eigenvalue weighted by molar-refractivity contribution is -0.134. The molecule has 1 unspecified atom stereocenters. The highest BCUT2D eigenvalue weighted by Crippen LogP contribution is 2.32. The summed E-state index contributed by atoms with van der Waals surface area (Å²) in [6.07, 6.45) is 12.7. The molecule has 4 fully saturated rings. The number of hydrogen-bond donors (Lipinski definition) is 1. The first-order valence-corrected chi connectivity index (χ1v) is 11.0. The fourth-order valence-corrected chi connectivity index (χ4v) is 5.16. The zero-order valence-corrected chi connectivity index (χ0v) is 16.1. The maximum Gasteiger partial charge on any atom is 0.225 e. The van der Waals surface area contributed by atoms with Crippen molar-refractivity contribution in [1.29, 1.82) is 0 Å². The Morgan fingerprint density at radius 2 is 1.46 bits per heavy atom. The fraction of sp³-hybridized carbons (Fsp3) is 0.905. The van der Waals surface area contributed by atoms with Crippen molar-refractivity contribution in [1.82, 2.24) is 15.1 Å². The molecule has 2 amide bonds. The average molecular weight is 362 g/mol. The van der Waals surface area contributed by atoms with Crippen molar-refractivity contribution in [3.8, 4) is 0 Å². The molecule has 0 aromatic heterocycles. The van der Waals surface area contributed by atoms with E-state index in [2.05, 4.69) is 15.1 Å². The molecule has 26 heavy (non-hydrogen) atoms. The highest BCUT2D eigenvalue weighted by molar-refractivity contribution is 5.81. The van der Waals surface area contributed by atoms with E-state index in [-0.39, 0.29) is 5.92 Å². The summed E-state index contributed by atoms with van der Waals surface area (Å²) in [6, 6.07) is 0.979. The van der Waals surface area contributed by atoms with E-state index in [0.717, 1.165) is 77.5 Å². The Morgan fingerprint density at radius 1 is 0.731 bits per heavy atom. The van der Waals surface area contributed by atoms with Gasteiger partial charge in [-0.3, -0.25) is 14.5 Å². The van der Waals surface area contributed by atoms with Gasteiger partial charge in [0.2, 0.25) is 11.8 Å². The van der Waals surface area contributed by atoms with Crippen molar-refractivity contribution in [2.45, 2.75) is 82.7 Å². The lowest BCUT2D eigenvalue weighted by Crippen LogP contribution is -2.52. The molecule has 0 aromatic rings. The van der Waals surface area contributed by atoms with Crippen LogP contribution in [0, 0.1) is 11.8 Å². The van der Waals surface area contributed by atoms with E-state index in [1.165, 1.54) is 19.3 Å². The highest BCUT2D eigenvalue weighted by Gasteiger charge is 2.37. The third kappa shape index (κ3) is 4.41. The summed E-state index contributed by atoms with van der Waals surface area (Å²) in [5.41, 5.74) is 0. The maximum absolute atomic E-state index is 12.7. The molecule has 0 spiro atoms. The normalized spacial score (nSPS) is 29.5. The molecule has 2 saturated carbocycles. The number of amides is 2. The average Bonchev–Trinajstić information content (AvgIpc) is 3.54. The Balaban J connectivity index is 1.24. The number of nitrogens with one attached hydrogen (secondary N) is 1. The first kappa shape index (κ1) is 18.3. The monoisotopic (exact) mass is 361 g/mol. The minimum Gasteiger partial charge on any atom is -0.353 e. The van der Waals surface area contributed by atoms with E-state index < -0.39 is 0 Å². The number of rotatable bonds is 4. The van der Waals surface area contributed by atoms with Crippen LogP contribution in [0.1, 0.15) is 70.6 Å². The van der Waals surface area contributed by atoms with Crippen LogP contribution in [0.5, 0.6) is 0 Å². The van der Waals surface area contributed by atoms with Gasteiger partial charge in [0.25, 0.3) is 0 Å². The second-order valence-electron chi connectivity index (χ2n) is 9.01. The quantitative estimate of drug-likeness (QED) is 0.837. The van der Waals surface area contributed by atoms with Gasteiger partial charge in [-0.1, -0.05) is 19.3 Å². The van der Waals surface area contributed by atoms with Gasteiger partial charge in [0.15, 0.2) is 0 Å². The molecule has 0 radical (unpaired) electrons. The summed E-state index contributed by atoms with van der Waals surface area (Å²) >= 11 is 0. The van der Waals surface area contributed by atoms with Crippen molar-refractivity contribution >= 4 is 11.8 Å². The predicted octanol–water partition coefficient (Wildman–Crippen LogP) is 2.55. The molecule has 5 nitrogen and oxygen atoms in total. The van der Waals surface area contributed by atoms with Gasteiger partial charge in [0.05, 0.1) is 5.92 Å². The maximum atomic E-state index is 12.7. The molecule has 146 valence electrons. The SMILES string of the molecule is O=C(NC1CCCCC1)C1CCCN(C2CCN(C(=O)C3CC3)CC2)C1. The van der Waals surface area contributed by atoms with Crippen LogP contribution in [-0.4, -0.2) is 59.9 Å². The molecule has 2 saturated heterocycles. The number of carbonyl (C=O) groups is 2. The third-order valence-electron chi connectivity index (χ3n) is 6.99. The van der Waals surface area contributed by atoms with Gasteiger partial charge in [-0.05, 0) is 57.9 Å². The number of likely N-dealkylation sites (tertiary alicyclic amines) is 2. The van der Waals surface area contributed by atoms with Gasteiger partial charge in [-0.15, -0.1) is 0 Å². The van der Waals surface area contributed by atoms with Crippen LogP contribution < -0.4 is 5.32 Å². The van der Waals surface area contributed by atoms with Crippen molar-refractivity contribution in [2.24, 2.45) is 11.8 Å². The van der Waals surface area contributed by atoms with E-state index in [4.69, 9.17) is 0 Å². The lowest BCUT2D eigenvalue weighted by Gasteiger charge is -2.42. The first-order valence-electron chi connectivity index (χ1n) is 11.0. The van der Waals surface area contributed by atoms with Crippen molar-refractivity contribution < 1.29 is 9.59 Å². The number of nitrogens with zero attached hydrogens (tertiary/aromatic N) is 2. The highest BCUT2D eigenvalue weighted by atomic mass is 16.2. The summed E-state index contributed by atoms with van der Waals surface area (Å²) in [5, 5.41) is 3.33. The van der Waals surface area contributed by atoms with Gasteiger partial charge in [0, 0.05) is 37.6 Å². The van der Waals surface area contributed by atoms with E-state index >= 15 is 0 Å². The number of piperidine rings is 2. The first-order chi connectivity index (χ1) is 12.7. The van der Waals surface area contributed by atoms with Crippen LogP contribution in [0.2, 0.25) is 0 Å². The van der Waals surface area contributed by atoms with E-state index in [9.17, 15) is 9.59 Å². The van der Waals surface area contributed by atoms with Gasteiger partial charge in [0.1, 0.15) is 0 Å². The predicted molar refractivity (Wildman–Crippen MR) is 102 cm³/mol. The molecule has 2 aliphatic heterocycles. The zero-order chi connectivity index (χ0) is 17.9. The van der Waals surface area contributed by atoms with Crippen LogP contribution in [0.3, 0.4) is 0 Å². The largest absolute Gasteiger partial charge is 0.353 e. The Morgan fingerprint density at radius 3 is 2.15 bits per heavy atom. The Bertz CT molecular complexity index is 505. The minimum absolute atomic E-state index is 0.164. The summed E-state index contributed by atoms with van der Waals surface area (Å²) in [6.45, 7) is 3.86. The molecule has 0 bridgehead atoms. The number of carbonyl (C=O) groups excluding carboxylic acids is 2.